The first kappa shape index (κ1) is 46.6. The van der Waals surface area contributed by atoms with Gasteiger partial charge in [-0.05, 0) is 96.3 Å². The van der Waals surface area contributed by atoms with E-state index < -0.39 is 6.10 Å². The molecule has 0 rings (SSSR count). The minimum Gasteiger partial charge on any atom is -0.462 e. The second kappa shape index (κ2) is 40.0. The number of hydrogen-bond acceptors (Lipinski definition) is 5. The first-order valence-electron chi connectivity index (χ1n) is 19.4. The van der Waals surface area contributed by atoms with Crippen LogP contribution in [0.15, 0.2) is 109 Å². The summed E-state index contributed by atoms with van der Waals surface area (Å²) in [4.78, 5) is 24.2. The number of rotatable bonds is 33. The molecule has 0 radical (unpaired) electrons. The number of unbranched alkanes of at least 4 members (excludes halogenated alkanes) is 7. The Morgan fingerprint density at radius 3 is 1.32 bits per heavy atom. The van der Waals surface area contributed by atoms with E-state index in [-0.39, 0.29) is 31.6 Å². The Morgan fingerprint density at radius 2 is 0.880 bits per heavy atom. The Morgan fingerprint density at radius 1 is 0.480 bits per heavy atom. The highest BCUT2D eigenvalue weighted by atomic mass is 16.6. The molecule has 0 aliphatic carbocycles. The monoisotopic (exact) mass is 691 g/mol. The molecule has 0 saturated carbocycles. The summed E-state index contributed by atoms with van der Waals surface area (Å²) in [6.07, 6.45) is 57.2. The van der Waals surface area contributed by atoms with E-state index in [2.05, 4.69) is 123 Å². The van der Waals surface area contributed by atoms with Crippen LogP contribution in [0.3, 0.4) is 0 Å². The molecule has 50 heavy (non-hydrogen) atoms. The molecular formula is C45H70O5. The first-order chi connectivity index (χ1) is 24.6. The van der Waals surface area contributed by atoms with Crippen molar-refractivity contribution in [2.75, 3.05) is 13.2 Å². The SMILES string of the molecule is CC/C=C/C/C=C/C/C=C/C/C=C/C/C=C/CCCC(=O)O[C@@H](CO)COC(=O)CCCCC/C=C/C/C=C/C/C=C/C/C=C/CCCCC. The lowest BCUT2D eigenvalue weighted by Gasteiger charge is -2.15. The number of carbonyl (C=O) groups is 2. The number of esters is 2. The van der Waals surface area contributed by atoms with Crippen LogP contribution >= 0.6 is 0 Å². The van der Waals surface area contributed by atoms with Gasteiger partial charge in [0.1, 0.15) is 6.61 Å². The normalized spacial score (nSPS) is 13.4. The van der Waals surface area contributed by atoms with Crippen LogP contribution in [0.5, 0.6) is 0 Å². The fraction of sp³-hybridized carbons (Fsp3) is 0.556. The molecule has 0 unspecified atom stereocenters. The Kier molecular flexibility index (Phi) is 37.2. The lowest BCUT2D eigenvalue weighted by atomic mass is 10.1. The second-order valence-electron chi connectivity index (χ2n) is 12.3. The Labute approximate surface area is 306 Å². The molecular weight excluding hydrogens is 620 g/mol. The van der Waals surface area contributed by atoms with Gasteiger partial charge in [0.05, 0.1) is 6.61 Å². The van der Waals surface area contributed by atoms with Gasteiger partial charge < -0.3 is 14.6 Å². The standard InChI is InChI=1S/C45H70O5/c1-3-5-7-9-11-13-15-17-19-21-22-24-25-27-29-31-33-35-37-39-44(47)49-42-43(41-46)50-45(48)40-38-36-34-32-30-28-26-23-20-18-16-14-12-10-8-6-4-2/h6,8,11-14,17-20,22,24,26-29,32,34,43,46H,3-5,7,9-10,15-16,21,23,25,30-31,33,35-42H2,1-2H3/b8-6+,13-11+,14-12+,19-17+,20-18+,24-22+,28-26+,29-27+,34-32+/t43-/m0/s1. The predicted octanol–water partition coefficient (Wildman–Crippen LogP) is 12.3. The summed E-state index contributed by atoms with van der Waals surface area (Å²) < 4.78 is 10.5. The second-order valence-corrected chi connectivity index (χ2v) is 12.3. The lowest BCUT2D eigenvalue weighted by molar-refractivity contribution is -0.161. The Bertz CT molecular complexity index is 1050. The van der Waals surface area contributed by atoms with Crippen LogP contribution in [-0.2, 0) is 19.1 Å². The van der Waals surface area contributed by atoms with Gasteiger partial charge in [-0.3, -0.25) is 9.59 Å². The van der Waals surface area contributed by atoms with Crippen LogP contribution in [0.2, 0.25) is 0 Å². The maximum atomic E-state index is 12.1. The van der Waals surface area contributed by atoms with Crippen molar-refractivity contribution in [3.05, 3.63) is 109 Å². The van der Waals surface area contributed by atoms with Gasteiger partial charge in [0.25, 0.3) is 0 Å². The van der Waals surface area contributed by atoms with Gasteiger partial charge in [-0.1, -0.05) is 142 Å². The highest BCUT2D eigenvalue weighted by Crippen LogP contribution is 2.08. The Balaban J connectivity index is 3.77. The van der Waals surface area contributed by atoms with Gasteiger partial charge in [0.2, 0.25) is 0 Å². The summed E-state index contributed by atoms with van der Waals surface area (Å²) in [5.41, 5.74) is 0. The number of carbonyl (C=O) groups excluding carboxylic acids is 2. The van der Waals surface area contributed by atoms with Crippen LogP contribution in [0.1, 0.15) is 142 Å². The fourth-order valence-electron chi connectivity index (χ4n) is 4.63. The molecule has 0 saturated heterocycles. The van der Waals surface area contributed by atoms with Crippen molar-refractivity contribution in [3.8, 4) is 0 Å². The van der Waals surface area contributed by atoms with Crippen molar-refractivity contribution in [2.24, 2.45) is 0 Å². The summed E-state index contributed by atoms with van der Waals surface area (Å²) in [5.74, 6) is -0.708. The van der Waals surface area contributed by atoms with Gasteiger partial charge in [0.15, 0.2) is 6.10 Å². The van der Waals surface area contributed by atoms with Crippen molar-refractivity contribution in [2.45, 2.75) is 148 Å². The van der Waals surface area contributed by atoms with Gasteiger partial charge in [-0.15, -0.1) is 0 Å². The van der Waals surface area contributed by atoms with Crippen LogP contribution in [-0.4, -0.2) is 36.4 Å². The zero-order valence-electron chi connectivity index (χ0n) is 31.6. The average molecular weight is 691 g/mol. The van der Waals surface area contributed by atoms with Crippen LogP contribution in [0.4, 0.5) is 0 Å². The summed E-state index contributed by atoms with van der Waals surface area (Å²) in [5, 5.41) is 9.54. The van der Waals surface area contributed by atoms with E-state index in [1.165, 1.54) is 25.7 Å². The molecule has 0 aliphatic rings. The van der Waals surface area contributed by atoms with Gasteiger partial charge in [-0.25, -0.2) is 0 Å². The van der Waals surface area contributed by atoms with Gasteiger partial charge in [0, 0.05) is 12.8 Å². The number of allylic oxidation sites excluding steroid dienone is 18. The first-order valence-corrected chi connectivity index (χ1v) is 19.4. The summed E-state index contributed by atoms with van der Waals surface area (Å²) in [7, 11) is 0. The van der Waals surface area contributed by atoms with Crippen LogP contribution < -0.4 is 0 Å². The van der Waals surface area contributed by atoms with Crippen LogP contribution in [0, 0.1) is 0 Å². The number of ether oxygens (including phenoxy) is 2. The van der Waals surface area contributed by atoms with Crippen molar-refractivity contribution in [3.63, 3.8) is 0 Å². The van der Waals surface area contributed by atoms with Crippen molar-refractivity contribution in [1.29, 1.82) is 0 Å². The summed E-state index contributed by atoms with van der Waals surface area (Å²) in [6, 6.07) is 0. The molecule has 0 aromatic carbocycles. The average Bonchev–Trinajstić information content (AvgIpc) is 3.12. The molecule has 1 N–H and O–H groups in total. The topological polar surface area (TPSA) is 72.8 Å². The molecule has 0 bridgehead atoms. The Hall–Kier alpha value is -3.44. The molecule has 0 aromatic heterocycles. The lowest BCUT2D eigenvalue weighted by Crippen LogP contribution is -2.28. The van der Waals surface area contributed by atoms with Crippen LogP contribution in [0.25, 0.3) is 0 Å². The highest BCUT2D eigenvalue weighted by Gasteiger charge is 2.15. The maximum absolute atomic E-state index is 12.1. The van der Waals surface area contributed by atoms with Crippen molar-refractivity contribution in [1.82, 2.24) is 0 Å². The maximum Gasteiger partial charge on any atom is 0.306 e. The molecule has 5 nitrogen and oxygen atoms in total. The molecule has 0 amide bonds. The smallest absolute Gasteiger partial charge is 0.306 e. The minimum absolute atomic E-state index is 0.113. The fourth-order valence-corrected chi connectivity index (χ4v) is 4.63. The van der Waals surface area contributed by atoms with Gasteiger partial charge in [-0.2, -0.15) is 0 Å². The molecule has 280 valence electrons. The molecule has 5 heteroatoms. The third-order valence-electron chi connectivity index (χ3n) is 7.55. The van der Waals surface area contributed by atoms with E-state index in [1.807, 2.05) is 0 Å². The van der Waals surface area contributed by atoms with Gasteiger partial charge >= 0.3 is 11.9 Å². The number of aliphatic hydroxyl groups is 1. The minimum atomic E-state index is -0.822. The predicted molar refractivity (Wildman–Crippen MR) is 214 cm³/mol. The van der Waals surface area contributed by atoms with E-state index in [0.29, 0.717) is 12.8 Å². The largest absolute Gasteiger partial charge is 0.462 e. The highest BCUT2D eigenvalue weighted by molar-refractivity contribution is 5.70. The van der Waals surface area contributed by atoms with Crippen molar-refractivity contribution < 1.29 is 24.2 Å². The quantitative estimate of drug-likeness (QED) is 0.0421. The molecule has 0 aromatic rings. The third kappa shape index (κ3) is 37.4. The molecule has 0 aliphatic heterocycles. The van der Waals surface area contributed by atoms with E-state index >= 15 is 0 Å². The van der Waals surface area contributed by atoms with E-state index in [4.69, 9.17) is 9.47 Å². The van der Waals surface area contributed by atoms with E-state index in [0.717, 1.165) is 83.5 Å². The van der Waals surface area contributed by atoms with E-state index in [9.17, 15) is 14.7 Å². The van der Waals surface area contributed by atoms with E-state index in [1.54, 1.807) is 0 Å². The summed E-state index contributed by atoms with van der Waals surface area (Å²) >= 11 is 0. The van der Waals surface area contributed by atoms with Crippen molar-refractivity contribution >= 4 is 11.9 Å². The third-order valence-corrected chi connectivity index (χ3v) is 7.55. The molecule has 0 heterocycles. The zero-order chi connectivity index (χ0) is 36.4. The molecule has 1 atom stereocenters. The molecule has 0 fully saturated rings. The molecule has 0 spiro atoms. The number of aliphatic hydroxyl groups excluding tert-OH is 1. The zero-order valence-corrected chi connectivity index (χ0v) is 31.6. The summed E-state index contributed by atoms with van der Waals surface area (Å²) in [6.45, 7) is 3.89. The number of hydrogen-bond donors (Lipinski definition) is 1.